The van der Waals surface area contributed by atoms with Crippen LogP contribution in [0.25, 0.3) is 22.6 Å². The number of nitrogens with two attached hydrogens (primary N) is 2. The summed E-state index contributed by atoms with van der Waals surface area (Å²) in [6.07, 6.45) is 0. The Kier molecular flexibility index (Phi) is 8.05. The molecule has 0 amide bonds. The number of hydrogen-bond donors (Lipinski definition) is 4. The molecule has 1 aromatic heterocycles. The van der Waals surface area contributed by atoms with Gasteiger partial charge in [0.05, 0.1) is 19.8 Å². The second kappa shape index (κ2) is 9.81. The average Bonchev–Trinajstić information content (AvgIpc) is 3.16. The van der Waals surface area contributed by atoms with Crippen LogP contribution in [0, 0.1) is 10.8 Å². The lowest BCUT2D eigenvalue weighted by Gasteiger charge is -2.08. The van der Waals surface area contributed by atoms with Gasteiger partial charge in [-0.15, -0.1) is 24.8 Å². The molecule has 29 heavy (non-hydrogen) atoms. The minimum absolute atomic E-state index is 0. The molecule has 0 bridgehead atoms. The summed E-state index contributed by atoms with van der Waals surface area (Å²) in [6.45, 7) is 0. The topological polar surface area (TPSA) is 144 Å². The van der Waals surface area contributed by atoms with Crippen molar-refractivity contribution in [3.8, 4) is 34.1 Å². The molecule has 1 heterocycles. The van der Waals surface area contributed by atoms with E-state index in [0.717, 1.165) is 0 Å². The van der Waals surface area contributed by atoms with Crippen molar-refractivity contribution in [2.24, 2.45) is 11.5 Å². The van der Waals surface area contributed by atoms with Gasteiger partial charge in [0.2, 0.25) is 0 Å². The quantitative estimate of drug-likeness (QED) is 0.343. The Hall–Kier alpha value is -3.23. The molecular weight excluding hydrogens is 417 g/mol. The van der Waals surface area contributed by atoms with E-state index in [9.17, 15) is 0 Å². The maximum atomic E-state index is 7.54. The minimum Gasteiger partial charge on any atom is -0.496 e. The molecule has 6 N–H and O–H groups in total. The summed E-state index contributed by atoms with van der Waals surface area (Å²) in [5.74, 6) is 1.45. The number of methoxy groups -OCH3 is 2. The zero-order valence-corrected chi connectivity index (χ0v) is 17.3. The maximum Gasteiger partial charge on any atom is 0.171 e. The minimum atomic E-state index is -0.0478. The van der Waals surface area contributed by atoms with Crippen molar-refractivity contribution < 1.29 is 14.0 Å². The summed E-state index contributed by atoms with van der Waals surface area (Å²) in [6, 6.07) is 12.1. The highest BCUT2D eigenvalue weighted by Crippen LogP contribution is 2.36. The van der Waals surface area contributed by atoms with Gasteiger partial charge in [-0.3, -0.25) is 10.8 Å². The third-order valence-electron chi connectivity index (χ3n) is 4.08. The molecule has 0 saturated carbocycles. The van der Waals surface area contributed by atoms with E-state index in [1.54, 1.807) is 42.5 Å². The fourth-order valence-corrected chi connectivity index (χ4v) is 2.66. The molecule has 0 saturated heterocycles. The van der Waals surface area contributed by atoms with Crippen LogP contribution in [0.2, 0.25) is 0 Å². The van der Waals surface area contributed by atoms with Crippen LogP contribution in [-0.4, -0.2) is 31.0 Å². The van der Waals surface area contributed by atoms with Gasteiger partial charge in [0.15, 0.2) is 5.76 Å². The highest BCUT2D eigenvalue weighted by atomic mass is 35.5. The Morgan fingerprint density at radius 1 is 0.828 bits per heavy atom. The highest BCUT2D eigenvalue weighted by Gasteiger charge is 2.17. The first kappa shape index (κ1) is 23.8. The lowest BCUT2D eigenvalue weighted by molar-refractivity contribution is 0.405. The second-order valence-electron chi connectivity index (χ2n) is 5.73. The molecular formula is C19H21Cl2N5O3. The number of aromatic nitrogens is 1. The van der Waals surface area contributed by atoms with Crippen LogP contribution in [0.5, 0.6) is 11.5 Å². The van der Waals surface area contributed by atoms with Crippen LogP contribution in [0.4, 0.5) is 0 Å². The number of benzene rings is 2. The lowest BCUT2D eigenvalue weighted by atomic mass is 10.0. The van der Waals surface area contributed by atoms with Crippen molar-refractivity contribution >= 4 is 36.5 Å². The van der Waals surface area contributed by atoms with E-state index >= 15 is 0 Å². The van der Waals surface area contributed by atoms with Gasteiger partial charge >= 0.3 is 0 Å². The van der Waals surface area contributed by atoms with Crippen molar-refractivity contribution in [1.82, 2.24) is 5.16 Å². The third kappa shape index (κ3) is 4.79. The molecule has 154 valence electrons. The van der Waals surface area contributed by atoms with E-state index in [2.05, 4.69) is 5.16 Å². The van der Waals surface area contributed by atoms with E-state index in [4.69, 9.17) is 36.3 Å². The third-order valence-corrected chi connectivity index (χ3v) is 4.08. The number of amidine groups is 2. The van der Waals surface area contributed by atoms with Gasteiger partial charge in [0.1, 0.15) is 28.9 Å². The molecule has 0 spiro atoms. The van der Waals surface area contributed by atoms with Gasteiger partial charge in [0, 0.05) is 22.8 Å². The molecule has 3 rings (SSSR count). The van der Waals surface area contributed by atoms with Gasteiger partial charge < -0.3 is 25.5 Å². The summed E-state index contributed by atoms with van der Waals surface area (Å²) in [4.78, 5) is 0. The normalized spacial score (nSPS) is 9.72. The molecule has 0 aliphatic carbocycles. The predicted octanol–water partition coefficient (Wildman–Crippen LogP) is 3.44. The number of halogens is 2. The van der Waals surface area contributed by atoms with Crippen LogP contribution in [-0.2, 0) is 0 Å². The zero-order valence-electron chi connectivity index (χ0n) is 15.7. The molecule has 2 aromatic carbocycles. The number of ether oxygens (including phenoxy) is 2. The summed E-state index contributed by atoms with van der Waals surface area (Å²) in [7, 11) is 3.07. The first-order valence-electron chi connectivity index (χ1n) is 7.97. The van der Waals surface area contributed by atoms with E-state index in [-0.39, 0.29) is 36.5 Å². The van der Waals surface area contributed by atoms with Gasteiger partial charge in [-0.25, -0.2) is 0 Å². The Balaban J connectivity index is 0.00000210. The highest BCUT2D eigenvalue weighted by molar-refractivity contribution is 5.97. The van der Waals surface area contributed by atoms with Crippen LogP contribution >= 0.6 is 24.8 Å². The number of rotatable bonds is 6. The summed E-state index contributed by atoms with van der Waals surface area (Å²) < 4.78 is 16.3. The van der Waals surface area contributed by atoms with Crippen LogP contribution in [0.3, 0.4) is 0 Å². The summed E-state index contributed by atoms with van der Waals surface area (Å²) >= 11 is 0. The lowest BCUT2D eigenvalue weighted by Crippen LogP contribution is -2.11. The van der Waals surface area contributed by atoms with Crippen LogP contribution in [0.15, 0.2) is 47.0 Å². The van der Waals surface area contributed by atoms with E-state index < -0.39 is 0 Å². The Labute approximate surface area is 180 Å². The SMILES string of the molecule is COc1cc(C(=N)N)ccc1-c1cc(-c2ccc(C(=N)N)cc2OC)on1.Cl.Cl. The van der Waals surface area contributed by atoms with Gasteiger partial charge in [0.25, 0.3) is 0 Å². The van der Waals surface area contributed by atoms with Crippen molar-refractivity contribution in [2.75, 3.05) is 14.2 Å². The van der Waals surface area contributed by atoms with Crippen molar-refractivity contribution in [1.29, 1.82) is 10.8 Å². The first-order valence-corrected chi connectivity index (χ1v) is 7.97. The van der Waals surface area contributed by atoms with Crippen LogP contribution in [0.1, 0.15) is 11.1 Å². The first-order chi connectivity index (χ1) is 12.9. The van der Waals surface area contributed by atoms with Gasteiger partial charge in [-0.1, -0.05) is 17.3 Å². The van der Waals surface area contributed by atoms with E-state index in [1.165, 1.54) is 14.2 Å². The monoisotopic (exact) mass is 437 g/mol. The molecule has 0 unspecified atom stereocenters. The Morgan fingerprint density at radius 2 is 1.31 bits per heavy atom. The largest absolute Gasteiger partial charge is 0.496 e. The fourth-order valence-electron chi connectivity index (χ4n) is 2.66. The number of nitrogen functional groups attached to an aromatic ring is 2. The van der Waals surface area contributed by atoms with E-state index in [0.29, 0.717) is 45.2 Å². The molecule has 0 aliphatic rings. The molecule has 0 aliphatic heterocycles. The predicted molar refractivity (Wildman–Crippen MR) is 117 cm³/mol. The molecule has 0 atom stereocenters. The molecule has 3 aromatic rings. The zero-order chi connectivity index (χ0) is 19.6. The van der Waals surface area contributed by atoms with Gasteiger partial charge in [-0.2, -0.15) is 0 Å². The molecule has 8 nitrogen and oxygen atoms in total. The van der Waals surface area contributed by atoms with Crippen LogP contribution < -0.4 is 20.9 Å². The van der Waals surface area contributed by atoms with Crippen molar-refractivity contribution in [2.45, 2.75) is 0 Å². The summed E-state index contributed by atoms with van der Waals surface area (Å²) in [5.41, 5.74) is 14.1. The fraction of sp³-hybridized carbons (Fsp3) is 0.105. The van der Waals surface area contributed by atoms with Crippen molar-refractivity contribution in [3.63, 3.8) is 0 Å². The molecule has 0 radical (unpaired) electrons. The number of hydrogen-bond acceptors (Lipinski definition) is 6. The maximum absolute atomic E-state index is 7.54. The Bertz CT molecular complexity index is 956. The standard InChI is InChI=1S/C19H19N5O3.2ClH/c1-25-15-7-10(18(20)21)3-5-12(15)14-9-17(27-24-14)13-6-4-11(19(22)23)8-16(13)26-2;;/h3-9H,1-2H3,(H3,20,21)(H3,22,23);2*1H. The van der Waals surface area contributed by atoms with Crippen molar-refractivity contribution in [3.05, 3.63) is 53.6 Å². The molecule has 0 fully saturated rings. The van der Waals surface area contributed by atoms with E-state index in [1.807, 2.05) is 0 Å². The number of nitrogens with one attached hydrogen (secondary N) is 2. The number of nitrogens with zero attached hydrogens (tertiary/aromatic N) is 1. The molecule has 10 heteroatoms. The Morgan fingerprint density at radius 3 is 1.79 bits per heavy atom. The smallest absolute Gasteiger partial charge is 0.171 e. The van der Waals surface area contributed by atoms with Gasteiger partial charge in [-0.05, 0) is 24.3 Å². The summed E-state index contributed by atoms with van der Waals surface area (Å²) in [5, 5.41) is 19.2. The average molecular weight is 438 g/mol. The second-order valence-corrected chi connectivity index (χ2v) is 5.73.